The van der Waals surface area contributed by atoms with Gasteiger partial charge in [0.1, 0.15) is 5.82 Å². The van der Waals surface area contributed by atoms with Crippen LogP contribution in [-0.2, 0) is 7.05 Å². The minimum Gasteiger partial charge on any atom is -0.387 e. The molecule has 7 heteroatoms. The highest BCUT2D eigenvalue weighted by Crippen LogP contribution is 2.27. The number of hydrogen-bond acceptors (Lipinski definition) is 5. The molecule has 0 aliphatic rings. The topological polar surface area (TPSA) is 63.8 Å². The van der Waals surface area contributed by atoms with Crippen molar-refractivity contribution < 1.29 is 9.50 Å². The fourth-order valence-electron chi connectivity index (χ4n) is 2.18. The molecule has 1 unspecified atom stereocenters. The van der Waals surface area contributed by atoms with E-state index in [2.05, 4.69) is 15.2 Å². The Kier molecular flexibility index (Phi) is 4.68. The van der Waals surface area contributed by atoms with E-state index in [4.69, 9.17) is 0 Å². The lowest BCUT2D eigenvalue weighted by Gasteiger charge is -2.11. The Morgan fingerprint density at radius 2 is 2.04 bits per heavy atom. The van der Waals surface area contributed by atoms with Crippen molar-refractivity contribution in [2.24, 2.45) is 7.05 Å². The second-order valence-corrected chi connectivity index (χ2v) is 5.94. The van der Waals surface area contributed by atoms with Crippen LogP contribution in [-0.4, -0.2) is 30.6 Å². The molecular weight excluding hydrogens is 315 g/mol. The first-order valence-electron chi connectivity index (χ1n) is 7.02. The summed E-state index contributed by atoms with van der Waals surface area (Å²) in [6.07, 6.45) is 2.51. The SMILES string of the molecule is Cn1c(SCC(O)c2ccccc2F)nnc1-c1cccnc1. The summed E-state index contributed by atoms with van der Waals surface area (Å²) < 4.78 is 15.5. The van der Waals surface area contributed by atoms with Gasteiger partial charge in [-0.1, -0.05) is 30.0 Å². The molecule has 2 heterocycles. The normalized spacial score (nSPS) is 12.3. The average Bonchev–Trinajstić information content (AvgIpc) is 2.94. The van der Waals surface area contributed by atoms with Crippen molar-refractivity contribution in [3.05, 3.63) is 60.2 Å². The fourth-order valence-corrected chi connectivity index (χ4v) is 3.04. The summed E-state index contributed by atoms with van der Waals surface area (Å²) in [7, 11) is 1.85. The van der Waals surface area contributed by atoms with Crippen molar-refractivity contribution in [2.75, 3.05) is 5.75 Å². The van der Waals surface area contributed by atoms with Gasteiger partial charge >= 0.3 is 0 Å². The number of aliphatic hydroxyl groups is 1. The van der Waals surface area contributed by atoms with Gasteiger partial charge in [0, 0.05) is 36.3 Å². The molecule has 0 saturated carbocycles. The zero-order valence-corrected chi connectivity index (χ0v) is 13.2. The number of pyridine rings is 1. The maximum absolute atomic E-state index is 13.7. The first-order chi connectivity index (χ1) is 11.2. The van der Waals surface area contributed by atoms with Gasteiger partial charge in [-0.3, -0.25) is 4.98 Å². The monoisotopic (exact) mass is 330 g/mol. The Hall–Kier alpha value is -2.25. The molecule has 1 atom stereocenters. The molecule has 3 rings (SSSR count). The summed E-state index contributed by atoms with van der Waals surface area (Å²) in [5.74, 6) is 0.579. The zero-order valence-electron chi connectivity index (χ0n) is 12.4. The van der Waals surface area contributed by atoms with Crippen LogP contribution in [0.5, 0.6) is 0 Å². The Balaban J connectivity index is 1.72. The van der Waals surface area contributed by atoms with Crippen molar-refractivity contribution in [1.29, 1.82) is 0 Å². The molecule has 0 saturated heterocycles. The third-order valence-electron chi connectivity index (χ3n) is 3.39. The number of nitrogens with zero attached hydrogens (tertiary/aromatic N) is 4. The van der Waals surface area contributed by atoms with Crippen LogP contribution in [0, 0.1) is 5.82 Å². The van der Waals surface area contributed by atoms with Crippen LogP contribution in [0.25, 0.3) is 11.4 Å². The van der Waals surface area contributed by atoms with Gasteiger partial charge in [-0.15, -0.1) is 10.2 Å². The number of aromatic nitrogens is 4. The molecule has 2 aromatic heterocycles. The van der Waals surface area contributed by atoms with Crippen LogP contribution in [0.1, 0.15) is 11.7 Å². The highest BCUT2D eigenvalue weighted by molar-refractivity contribution is 7.99. The van der Waals surface area contributed by atoms with Crippen molar-refractivity contribution in [3.8, 4) is 11.4 Å². The first-order valence-corrected chi connectivity index (χ1v) is 8.00. The van der Waals surface area contributed by atoms with E-state index < -0.39 is 11.9 Å². The predicted octanol–water partition coefficient (Wildman–Crippen LogP) is 2.84. The molecule has 118 valence electrons. The molecule has 5 nitrogen and oxygen atoms in total. The summed E-state index contributed by atoms with van der Waals surface area (Å²) in [6.45, 7) is 0. The van der Waals surface area contributed by atoms with Gasteiger partial charge in [-0.25, -0.2) is 4.39 Å². The second kappa shape index (κ2) is 6.89. The Morgan fingerprint density at radius 3 is 2.78 bits per heavy atom. The van der Waals surface area contributed by atoms with Gasteiger partial charge in [0.05, 0.1) is 6.10 Å². The summed E-state index contributed by atoms with van der Waals surface area (Å²) in [4.78, 5) is 4.07. The van der Waals surface area contributed by atoms with Crippen LogP contribution < -0.4 is 0 Å². The van der Waals surface area contributed by atoms with E-state index in [1.54, 1.807) is 30.6 Å². The Morgan fingerprint density at radius 1 is 1.22 bits per heavy atom. The quantitative estimate of drug-likeness (QED) is 0.729. The van der Waals surface area contributed by atoms with Crippen LogP contribution in [0.3, 0.4) is 0 Å². The summed E-state index contributed by atoms with van der Waals surface area (Å²) in [5, 5.41) is 19.1. The molecule has 0 aliphatic carbocycles. The van der Waals surface area contributed by atoms with E-state index in [1.165, 1.54) is 17.8 Å². The fraction of sp³-hybridized carbons (Fsp3) is 0.188. The highest BCUT2D eigenvalue weighted by atomic mass is 32.2. The van der Waals surface area contributed by atoms with E-state index in [0.29, 0.717) is 16.7 Å². The molecule has 0 bridgehead atoms. The molecule has 0 aliphatic heterocycles. The largest absolute Gasteiger partial charge is 0.387 e. The Labute approximate surface area is 137 Å². The van der Waals surface area contributed by atoms with Crippen LogP contribution in [0.15, 0.2) is 53.9 Å². The van der Waals surface area contributed by atoms with E-state index >= 15 is 0 Å². The molecular formula is C16H15FN4OS. The number of halogens is 1. The molecule has 0 fully saturated rings. The van der Waals surface area contributed by atoms with Crippen LogP contribution in [0.2, 0.25) is 0 Å². The van der Waals surface area contributed by atoms with E-state index in [-0.39, 0.29) is 5.56 Å². The Bertz CT molecular complexity index is 794. The third kappa shape index (κ3) is 3.40. The highest BCUT2D eigenvalue weighted by Gasteiger charge is 2.16. The van der Waals surface area contributed by atoms with E-state index in [0.717, 1.165) is 5.56 Å². The number of benzene rings is 1. The first kappa shape index (κ1) is 15.6. The van der Waals surface area contributed by atoms with Crippen molar-refractivity contribution in [1.82, 2.24) is 19.7 Å². The molecule has 23 heavy (non-hydrogen) atoms. The van der Waals surface area contributed by atoms with Crippen molar-refractivity contribution in [2.45, 2.75) is 11.3 Å². The number of thioether (sulfide) groups is 1. The lowest BCUT2D eigenvalue weighted by molar-refractivity contribution is 0.199. The average molecular weight is 330 g/mol. The van der Waals surface area contributed by atoms with Gasteiger partial charge in [0.25, 0.3) is 0 Å². The second-order valence-electron chi connectivity index (χ2n) is 4.96. The lowest BCUT2D eigenvalue weighted by Crippen LogP contribution is -2.04. The number of rotatable bonds is 5. The lowest BCUT2D eigenvalue weighted by atomic mass is 10.1. The maximum Gasteiger partial charge on any atom is 0.191 e. The van der Waals surface area contributed by atoms with Crippen LogP contribution >= 0.6 is 11.8 Å². The van der Waals surface area contributed by atoms with Gasteiger partial charge in [0.2, 0.25) is 0 Å². The minimum atomic E-state index is -0.903. The molecule has 1 aromatic carbocycles. The molecule has 1 N–H and O–H groups in total. The van der Waals surface area contributed by atoms with E-state index in [1.807, 2.05) is 23.7 Å². The van der Waals surface area contributed by atoms with Crippen molar-refractivity contribution >= 4 is 11.8 Å². The number of hydrogen-bond donors (Lipinski definition) is 1. The molecule has 0 radical (unpaired) electrons. The summed E-state index contributed by atoms with van der Waals surface area (Å²) >= 11 is 1.33. The minimum absolute atomic E-state index is 0.287. The van der Waals surface area contributed by atoms with Gasteiger partial charge in [-0.05, 0) is 18.2 Å². The number of aliphatic hydroxyl groups excluding tert-OH is 1. The molecule has 3 aromatic rings. The van der Waals surface area contributed by atoms with E-state index in [9.17, 15) is 9.50 Å². The maximum atomic E-state index is 13.7. The van der Waals surface area contributed by atoms with Gasteiger partial charge in [-0.2, -0.15) is 0 Å². The van der Waals surface area contributed by atoms with Crippen LogP contribution in [0.4, 0.5) is 4.39 Å². The standard InChI is InChI=1S/C16H15FN4OS/c1-21-15(11-5-4-8-18-9-11)19-20-16(21)23-10-14(22)12-6-2-3-7-13(12)17/h2-9,14,22H,10H2,1H3. The van der Waals surface area contributed by atoms with Gasteiger partial charge < -0.3 is 9.67 Å². The zero-order chi connectivity index (χ0) is 16.2. The summed E-state index contributed by atoms with van der Waals surface area (Å²) in [6, 6.07) is 9.96. The predicted molar refractivity (Wildman–Crippen MR) is 86.3 cm³/mol. The van der Waals surface area contributed by atoms with Gasteiger partial charge in [0.15, 0.2) is 11.0 Å². The smallest absolute Gasteiger partial charge is 0.191 e. The van der Waals surface area contributed by atoms with Crippen molar-refractivity contribution in [3.63, 3.8) is 0 Å². The summed E-state index contributed by atoms with van der Waals surface area (Å²) in [5.41, 5.74) is 1.15. The molecule has 0 spiro atoms. The third-order valence-corrected chi connectivity index (χ3v) is 4.49. The molecule has 0 amide bonds.